The highest BCUT2D eigenvalue weighted by Crippen LogP contribution is 2.26. The standard InChI is InChI=1S/C13H16Cl2N4/c1-8(11-5-4-10(14)6-12(11)15)16-7-13-18-17-9(2)19(13)3/h4-6,8,16H,7H2,1-3H3. The van der Waals surface area contributed by atoms with Crippen molar-refractivity contribution >= 4 is 23.2 Å². The second-order valence-electron chi connectivity index (χ2n) is 4.49. The molecule has 0 fully saturated rings. The molecule has 0 bridgehead atoms. The number of nitrogens with zero attached hydrogens (tertiary/aromatic N) is 3. The van der Waals surface area contributed by atoms with Crippen molar-refractivity contribution in [2.45, 2.75) is 26.4 Å². The van der Waals surface area contributed by atoms with Gasteiger partial charge in [-0.15, -0.1) is 10.2 Å². The van der Waals surface area contributed by atoms with Crippen LogP contribution in [0.4, 0.5) is 0 Å². The molecule has 0 aliphatic carbocycles. The van der Waals surface area contributed by atoms with E-state index in [-0.39, 0.29) is 6.04 Å². The predicted molar refractivity (Wildman–Crippen MR) is 77.5 cm³/mol. The van der Waals surface area contributed by atoms with Crippen LogP contribution in [0, 0.1) is 6.92 Å². The van der Waals surface area contributed by atoms with Crippen molar-refractivity contribution in [2.24, 2.45) is 7.05 Å². The van der Waals surface area contributed by atoms with E-state index in [1.165, 1.54) is 0 Å². The molecule has 2 rings (SSSR count). The van der Waals surface area contributed by atoms with Gasteiger partial charge in [0.15, 0.2) is 0 Å². The first-order valence-corrected chi connectivity index (χ1v) is 6.78. The third-order valence-electron chi connectivity index (χ3n) is 3.18. The molecule has 1 N–H and O–H groups in total. The zero-order valence-electron chi connectivity index (χ0n) is 11.1. The van der Waals surface area contributed by atoms with Crippen molar-refractivity contribution in [1.29, 1.82) is 0 Å². The van der Waals surface area contributed by atoms with E-state index in [4.69, 9.17) is 23.2 Å². The number of halogens is 2. The molecule has 6 heteroatoms. The van der Waals surface area contributed by atoms with Gasteiger partial charge in [0.2, 0.25) is 0 Å². The van der Waals surface area contributed by atoms with Gasteiger partial charge in [0.05, 0.1) is 6.54 Å². The van der Waals surface area contributed by atoms with Crippen LogP contribution in [0.25, 0.3) is 0 Å². The first kappa shape index (κ1) is 14.3. The molecule has 0 saturated carbocycles. The molecule has 0 spiro atoms. The Balaban J connectivity index is 2.05. The summed E-state index contributed by atoms with van der Waals surface area (Å²) in [5.41, 5.74) is 1.02. The van der Waals surface area contributed by atoms with Crippen LogP contribution < -0.4 is 5.32 Å². The number of rotatable bonds is 4. The van der Waals surface area contributed by atoms with Crippen LogP contribution in [0.2, 0.25) is 10.0 Å². The summed E-state index contributed by atoms with van der Waals surface area (Å²) in [5, 5.41) is 12.8. The summed E-state index contributed by atoms with van der Waals surface area (Å²) >= 11 is 12.1. The number of aromatic nitrogens is 3. The monoisotopic (exact) mass is 298 g/mol. The van der Waals surface area contributed by atoms with Crippen molar-refractivity contribution in [1.82, 2.24) is 20.1 Å². The molecule has 1 aromatic heterocycles. The van der Waals surface area contributed by atoms with E-state index >= 15 is 0 Å². The lowest BCUT2D eigenvalue weighted by molar-refractivity contribution is 0.547. The van der Waals surface area contributed by atoms with E-state index in [9.17, 15) is 0 Å². The maximum atomic E-state index is 6.18. The van der Waals surface area contributed by atoms with Gasteiger partial charge in [-0.1, -0.05) is 29.3 Å². The molecule has 19 heavy (non-hydrogen) atoms. The number of benzene rings is 1. The molecule has 102 valence electrons. The molecule has 2 aromatic rings. The first-order chi connectivity index (χ1) is 8.99. The maximum Gasteiger partial charge on any atom is 0.146 e. The minimum Gasteiger partial charge on any atom is -0.317 e. The van der Waals surface area contributed by atoms with Gasteiger partial charge in [-0.25, -0.2) is 0 Å². The van der Waals surface area contributed by atoms with E-state index in [1.54, 1.807) is 6.07 Å². The topological polar surface area (TPSA) is 42.7 Å². The van der Waals surface area contributed by atoms with E-state index in [0.717, 1.165) is 17.2 Å². The minimum atomic E-state index is 0.113. The van der Waals surface area contributed by atoms with Crippen LogP contribution in [0.15, 0.2) is 18.2 Å². The zero-order chi connectivity index (χ0) is 14.0. The van der Waals surface area contributed by atoms with Gasteiger partial charge < -0.3 is 9.88 Å². The van der Waals surface area contributed by atoms with Crippen LogP contribution in [0.5, 0.6) is 0 Å². The Bertz CT molecular complexity index is 580. The Morgan fingerprint density at radius 2 is 2.05 bits per heavy atom. The van der Waals surface area contributed by atoms with Crippen LogP contribution in [-0.2, 0) is 13.6 Å². The van der Waals surface area contributed by atoms with Crippen molar-refractivity contribution < 1.29 is 0 Å². The highest BCUT2D eigenvalue weighted by molar-refractivity contribution is 6.35. The fraction of sp³-hybridized carbons (Fsp3) is 0.385. The van der Waals surface area contributed by atoms with Crippen molar-refractivity contribution in [2.75, 3.05) is 0 Å². The SMILES string of the molecule is Cc1nnc(CNC(C)c2ccc(Cl)cc2Cl)n1C. The fourth-order valence-corrected chi connectivity index (χ4v) is 2.38. The van der Waals surface area contributed by atoms with E-state index in [0.29, 0.717) is 16.6 Å². The average Bonchev–Trinajstić information content (AvgIpc) is 2.67. The lowest BCUT2D eigenvalue weighted by atomic mass is 10.1. The summed E-state index contributed by atoms with van der Waals surface area (Å²) in [6.07, 6.45) is 0. The van der Waals surface area contributed by atoms with Crippen LogP contribution in [0.3, 0.4) is 0 Å². The van der Waals surface area contributed by atoms with Gasteiger partial charge in [0.1, 0.15) is 11.6 Å². The van der Waals surface area contributed by atoms with Gasteiger partial charge in [-0.05, 0) is 31.5 Å². The number of nitrogens with one attached hydrogen (secondary N) is 1. The molecule has 0 aliphatic rings. The molecule has 1 heterocycles. The van der Waals surface area contributed by atoms with Crippen molar-refractivity contribution in [3.05, 3.63) is 45.5 Å². The fourth-order valence-electron chi connectivity index (χ4n) is 1.81. The van der Waals surface area contributed by atoms with Gasteiger partial charge in [0.25, 0.3) is 0 Å². The molecule has 4 nitrogen and oxygen atoms in total. The summed E-state index contributed by atoms with van der Waals surface area (Å²) in [4.78, 5) is 0. The second kappa shape index (κ2) is 5.90. The van der Waals surface area contributed by atoms with Crippen LogP contribution >= 0.6 is 23.2 Å². The normalized spacial score (nSPS) is 12.7. The predicted octanol–water partition coefficient (Wildman–Crippen LogP) is 3.28. The molecule has 0 aliphatic heterocycles. The van der Waals surface area contributed by atoms with Crippen molar-refractivity contribution in [3.63, 3.8) is 0 Å². The molecule has 0 amide bonds. The van der Waals surface area contributed by atoms with E-state index < -0.39 is 0 Å². The minimum absolute atomic E-state index is 0.113. The average molecular weight is 299 g/mol. The summed E-state index contributed by atoms with van der Waals surface area (Å²) in [6, 6.07) is 5.64. The summed E-state index contributed by atoms with van der Waals surface area (Å²) < 4.78 is 1.96. The lowest BCUT2D eigenvalue weighted by Crippen LogP contribution is -2.20. The quantitative estimate of drug-likeness (QED) is 0.942. The van der Waals surface area contributed by atoms with E-state index in [2.05, 4.69) is 22.4 Å². The third kappa shape index (κ3) is 3.26. The van der Waals surface area contributed by atoms with Crippen LogP contribution in [0.1, 0.15) is 30.2 Å². The number of hydrogen-bond donors (Lipinski definition) is 1. The third-order valence-corrected chi connectivity index (χ3v) is 3.74. The molecular weight excluding hydrogens is 283 g/mol. The number of hydrogen-bond acceptors (Lipinski definition) is 3. The number of aryl methyl sites for hydroxylation is 1. The van der Waals surface area contributed by atoms with E-state index in [1.807, 2.05) is 30.7 Å². The summed E-state index contributed by atoms with van der Waals surface area (Å²) in [6.45, 7) is 4.62. The van der Waals surface area contributed by atoms with Gasteiger partial charge in [-0.2, -0.15) is 0 Å². The largest absolute Gasteiger partial charge is 0.317 e. The second-order valence-corrected chi connectivity index (χ2v) is 5.33. The van der Waals surface area contributed by atoms with Gasteiger partial charge in [0, 0.05) is 23.1 Å². The van der Waals surface area contributed by atoms with Gasteiger partial charge >= 0.3 is 0 Å². The van der Waals surface area contributed by atoms with Crippen LogP contribution in [-0.4, -0.2) is 14.8 Å². The molecule has 0 saturated heterocycles. The molecule has 1 aromatic carbocycles. The first-order valence-electron chi connectivity index (χ1n) is 6.02. The highest BCUT2D eigenvalue weighted by atomic mass is 35.5. The Kier molecular flexibility index (Phi) is 4.45. The Hall–Kier alpha value is -1.10. The molecular formula is C13H16Cl2N4. The smallest absolute Gasteiger partial charge is 0.146 e. The molecule has 1 unspecified atom stereocenters. The molecule has 1 atom stereocenters. The van der Waals surface area contributed by atoms with Gasteiger partial charge in [-0.3, -0.25) is 0 Å². The Labute approximate surface area is 122 Å². The maximum absolute atomic E-state index is 6.18. The lowest BCUT2D eigenvalue weighted by Gasteiger charge is -2.15. The zero-order valence-corrected chi connectivity index (χ0v) is 12.6. The Morgan fingerprint density at radius 3 is 2.63 bits per heavy atom. The summed E-state index contributed by atoms with van der Waals surface area (Å²) in [5.74, 6) is 1.79. The Morgan fingerprint density at radius 1 is 1.32 bits per heavy atom. The molecule has 0 radical (unpaired) electrons. The highest BCUT2D eigenvalue weighted by Gasteiger charge is 2.11. The summed E-state index contributed by atoms with van der Waals surface area (Å²) in [7, 11) is 1.95. The van der Waals surface area contributed by atoms with Crippen molar-refractivity contribution in [3.8, 4) is 0 Å².